The Kier molecular flexibility index (Phi) is 5.56. The van der Waals surface area contributed by atoms with Crippen molar-refractivity contribution in [1.82, 2.24) is 0 Å². The Balaban J connectivity index is 2.03. The van der Waals surface area contributed by atoms with E-state index in [4.69, 9.17) is 11.6 Å². The van der Waals surface area contributed by atoms with Crippen molar-refractivity contribution >= 4 is 28.9 Å². The van der Waals surface area contributed by atoms with Crippen LogP contribution in [0, 0.1) is 0 Å². The SMILES string of the molecule is [O-][S+](/C=C/c1cccc(C(F)(F)F)c1)Cc1ccc(Cl)cc1. The van der Waals surface area contributed by atoms with Gasteiger partial charge < -0.3 is 4.55 Å². The molecule has 0 radical (unpaired) electrons. The maximum Gasteiger partial charge on any atom is 0.416 e. The fourth-order valence-electron chi connectivity index (χ4n) is 1.77. The Hall–Kier alpha value is -1.43. The minimum absolute atomic E-state index is 0.284. The van der Waals surface area contributed by atoms with Gasteiger partial charge in [0.15, 0.2) is 0 Å². The summed E-state index contributed by atoms with van der Waals surface area (Å²) in [4.78, 5) is 0. The highest BCUT2D eigenvalue weighted by molar-refractivity contribution is 7.93. The quantitative estimate of drug-likeness (QED) is 0.692. The van der Waals surface area contributed by atoms with Crippen LogP contribution in [0.2, 0.25) is 5.02 Å². The van der Waals surface area contributed by atoms with E-state index in [1.54, 1.807) is 24.3 Å². The average Bonchev–Trinajstić information content (AvgIpc) is 2.47. The summed E-state index contributed by atoms with van der Waals surface area (Å²) in [6.45, 7) is 0. The van der Waals surface area contributed by atoms with Crippen LogP contribution in [-0.4, -0.2) is 4.55 Å². The van der Waals surface area contributed by atoms with E-state index in [1.165, 1.54) is 23.6 Å². The molecule has 22 heavy (non-hydrogen) atoms. The number of benzene rings is 2. The Morgan fingerprint density at radius 3 is 2.41 bits per heavy atom. The Labute approximate surface area is 134 Å². The lowest BCUT2D eigenvalue weighted by atomic mass is 10.1. The van der Waals surface area contributed by atoms with Crippen molar-refractivity contribution in [3.05, 3.63) is 75.7 Å². The zero-order valence-corrected chi connectivity index (χ0v) is 12.9. The first-order valence-corrected chi connectivity index (χ1v) is 8.08. The molecule has 1 nitrogen and oxygen atoms in total. The minimum atomic E-state index is -4.38. The molecule has 0 aliphatic rings. The van der Waals surface area contributed by atoms with Crippen LogP contribution >= 0.6 is 11.6 Å². The summed E-state index contributed by atoms with van der Waals surface area (Å²) in [6, 6.07) is 11.8. The molecule has 0 saturated carbocycles. The Morgan fingerprint density at radius 2 is 1.77 bits per heavy atom. The molecular weight excluding hydrogens is 333 g/mol. The lowest BCUT2D eigenvalue weighted by molar-refractivity contribution is -0.137. The van der Waals surface area contributed by atoms with E-state index >= 15 is 0 Å². The third kappa shape index (κ3) is 5.09. The standard InChI is InChI=1S/C16H12ClF3OS/c17-15-6-4-13(5-7-15)11-22(21)9-8-12-2-1-3-14(10-12)16(18,19)20/h1-10H,11H2/b9-8+. The first-order chi connectivity index (χ1) is 10.3. The molecule has 0 fully saturated rings. The smallest absolute Gasteiger partial charge is 0.416 e. The van der Waals surface area contributed by atoms with Crippen LogP contribution in [0.5, 0.6) is 0 Å². The predicted octanol–water partition coefficient (Wildman–Crippen LogP) is 5.28. The third-order valence-electron chi connectivity index (χ3n) is 2.85. The summed E-state index contributed by atoms with van der Waals surface area (Å²) < 4.78 is 49.7. The molecule has 1 unspecified atom stereocenters. The van der Waals surface area contributed by atoms with Crippen molar-refractivity contribution in [2.45, 2.75) is 11.9 Å². The van der Waals surface area contributed by atoms with E-state index in [0.29, 0.717) is 10.6 Å². The first kappa shape index (κ1) is 16.9. The normalized spacial score (nSPS) is 13.5. The highest BCUT2D eigenvalue weighted by Gasteiger charge is 2.30. The van der Waals surface area contributed by atoms with Gasteiger partial charge in [-0.05, 0) is 47.1 Å². The second-order valence-electron chi connectivity index (χ2n) is 4.58. The van der Waals surface area contributed by atoms with Gasteiger partial charge >= 0.3 is 6.18 Å². The van der Waals surface area contributed by atoms with E-state index in [2.05, 4.69) is 0 Å². The third-order valence-corrected chi connectivity index (χ3v) is 4.16. The fraction of sp³-hybridized carbons (Fsp3) is 0.125. The lowest BCUT2D eigenvalue weighted by Crippen LogP contribution is -2.04. The largest absolute Gasteiger partial charge is 0.612 e. The molecule has 2 aromatic carbocycles. The predicted molar refractivity (Wildman–Crippen MR) is 83.8 cm³/mol. The Morgan fingerprint density at radius 1 is 1.09 bits per heavy atom. The van der Waals surface area contributed by atoms with Crippen LogP contribution < -0.4 is 0 Å². The summed E-state index contributed by atoms with van der Waals surface area (Å²) in [5.41, 5.74) is 0.480. The Bertz CT molecular complexity index is 653. The second-order valence-corrected chi connectivity index (χ2v) is 6.34. The summed E-state index contributed by atoms with van der Waals surface area (Å²) in [5, 5.41) is 1.98. The number of hydrogen-bond donors (Lipinski definition) is 0. The summed E-state index contributed by atoms with van der Waals surface area (Å²) >= 11 is 4.45. The zero-order chi connectivity index (χ0) is 16.2. The van der Waals surface area contributed by atoms with Crippen molar-refractivity contribution in [3.63, 3.8) is 0 Å². The minimum Gasteiger partial charge on any atom is -0.612 e. The molecule has 0 heterocycles. The number of hydrogen-bond acceptors (Lipinski definition) is 1. The summed E-state index contributed by atoms with van der Waals surface area (Å²) in [6.07, 6.45) is -2.95. The van der Waals surface area contributed by atoms with Gasteiger partial charge in [-0.3, -0.25) is 0 Å². The molecule has 0 N–H and O–H groups in total. The van der Waals surface area contributed by atoms with Gasteiger partial charge in [0.25, 0.3) is 0 Å². The van der Waals surface area contributed by atoms with Crippen molar-refractivity contribution in [2.75, 3.05) is 0 Å². The van der Waals surface area contributed by atoms with E-state index < -0.39 is 22.9 Å². The van der Waals surface area contributed by atoms with Crippen LogP contribution in [0.1, 0.15) is 16.7 Å². The van der Waals surface area contributed by atoms with Crippen LogP contribution in [0.4, 0.5) is 13.2 Å². The topological polar surface area (TPSA) is 23.1 Å². The van der Waals surface area contributed by atoms with E-state index in [1.807, 2.05) is 0 Å². The second kappa shape index (κ2) is 7.22. The molecule has 0 bridgehead atoms. The van der Waals surface area contributed by atoms with E-state index in [9.17, 15) is 17.7 Å². The molecule has 116 valence electrons. The summed E-state index contributed by atoms with van der Waals surface area (Å²) in [7, 11) is 0. The molecule has 0 aromatic heterocycles. The van der Waals surface area contributed by atoms with Gasteiger partial charge in [-0.15, -0.1) is 0 Å². The van der Waals surface area contributed by atoms with Crippen LogP contribution in [0.15, 0.2) is 53.9 Å². The van der Waals surface area contributed by atoms with Gasteiger partial charge in [-0.25, -0.2) is 0 Å². The van der Waals surface area contributed by atoms with Crippen LogP contribution in [-0.2, 0) is 23.1 Å². The molecular formula is C16H12ClF3OS. The number of halogens is 4. The van der Waals surface area contributed by atoms with Gasteiger partial charge in [0.05, 0.1) is 5.56 Å². The molecule has 0 spiro atoms. The molecule has 1 atom stereocenters. The maximum absolute atomic E-state index is 12.6. The van der Waals surface area contributed by atoms with Crippen molar-refractivity contribution < 1.29 is 17.7 Å². The molecule has 0 aliphatic carbocycles. The highest BCUT2D eigenvalue weighted by Crippen LogP contribution is 2.29. The van der Waals surface area contributed by atoms with Crippen molar-refractivity contribution in [1.29, 1.82) is 0 Å². The first-order valence-electron chi connectivity index (χ1n) is 6.32. The molecule has 0 saturated heterocycles. The average molecular weight is 345 g/mol. The number of rotatable bonds is 4. The molecule has 0 amide bonds. The highest BCUT2D eigenvalue weighted by atomic mass is 35.5. The molecule has 6 heteroatoms. The van der Waals surface area contributed by atoms with Gasteiger partial charge in [-0.2, -0.15) is 13.2 Å². The molecule has 2 rings (SSSR count). The molecule has 0 aliphatic heterocycles. The van der Waals surface area contributed by atoms with Gasteiger partial charge in [0.2, 0.25) is 0 Å². The zero-order valence-electron chi connectivity index (χ0n) is 11.3. The fourth-order valence-corrected chi connectivity index (χ4v) is 2.82. The van der Waals surface area contributed by atoms with Crippen LogP contribution in [0.25, 0.3) is 6.08 Å². The number of alkyl halides is 3. The maximum atomic E-state index is 12.6. The summed E-state index contributed by atoms with van der Waals surface area (Å²) in [5.74, 6) is 0.284. The van der Waals surface area contributed by atoms with Gasteiger partial charge in [0, 0.05) is 10.6 Å². The van der Waals surface area contributed by atoms with Crippen LogP contribution in [0.3, 0.4) is 0 Å². The van der Waals surface area contributed by atoms with E-state index in [0.717, 1.165) is 17.7 Å². The van der Waals surface area contributed by atoms with Crippen molar-refractivity contribution in [2.24, 2.45) is 0 Å². The van der Waals surface area contributed by atoms with Crippen molar-refractivity contribution in [3.8, 4) is 0 Å². The monoisotopic (exact) mass is 344 g/mol. The lowest BCUT2D eigenvalue weighted by Gasteiger charge is -2.07. The van der Waals surface area contributed by atoms with Gasteiger partial charge in [0.1, 0.15) is 11.2 Å². The molecule has 2 aromatic rings. The van der Waals surface area contributed by atoms with Gasteiger partial charge in [-0.1, -0.05) is 35.9 Å². The van der Waals surface area contributed by atoms with E-state index in [-0.39, 0.29) is 5.75 Å².